The van der Waals surface area contributed by atoms with E-state index in [1.54, 1.807) is 0 Å². The molecule has 0 amide bonds. The number of ether oxygens (including phenoxy) is 1. The topological polar surface area (TPSA) is 38.5 Å². The Bertz CT molecular complexity index is 448. The number of rotatable bonds is 6. The van der Waals surface area contributed by atoms with E-state index in [1.165, 1.54) is 0 Å². The van der Waals surface area contributed by atoms with Gasteiger partial charge in [0.25, 0.3) is 0 Å². The molecule has 3 nitrogen and oxygen atoms in total. The van der Waals surface area contributed by atoms with Gasteiger partial charge in [0.1, 0.15) is 0 Å². The Hall–Kier alpha value is -0.320. The van der Waals surface area contributed by atoms with Gasteiger partial charge in [-0.25, -0.2) is 0 Å². The number of benzene rings is 1. The van der Waals surface area contributed by atoms with Crippen molar-refractivity contribution in [1.29, 1.82) is 0 Å². The van der Waals surface area contributed by atoms with Crippen molar-refractivity contribution in [3.05, 3.63) is 33.8 Å². The van der Waals surface area contributed by atoms with Crippen molar-refractivity contribution >= 4 is 23.2 Å². The zero-order chi connectivity index (χ0) is 15.2. The molecule has 1 aliphatic heterocycles. The Morgan fingerprint density at radius 2 is 2.00 bits per heavy atom. The van der Waals surface area contributed by atoms with Crippen LogP contribution >= 0.6 is 23.2 Å². The van der Waals surface area contributed by atoms with E-state index < -0.39 is 0 Å². The first-order chi connectivity index (χ1) is 10.1. The molecule has 1 aromatic rings. The van der Waals surface area contributed by atoms with E-state index in [-0.39, 0.29) is 6.04 Å². The second-order valence-electron chi connectivity index (χ2n) is 5.65. The van der Waals surface area contributed by atoms with Crippen LogP contribution < -0.4 is 5.73 Å². The highest BCUT2D eigenvalue weighted by Gasteiger charge is 2.21. The molecule has 1 heterocycles. The SMILES string of the molecule is CCCOC1CCN(CC(N)c2ccc(Cl)c(Cl)c2)CC1. The van der Waals surface area contributed by atoms with Crippen molar-refractivity contribution in [2.45, 2.75) is 38.3 Å². The molecule has 0 aliphatic carbocycles. The summed E-state index contributed by atoms with van der Waals surface area (Å²) < 4.78 is 5.81. The van der Waals surface area contributed by atoms with Gasteiger partial charge in [0.15, 0.2) is 0 Å². The summed E-state index contributed by atoms with van der Waals surface area (Å²) in [4.78, 5) is 2.40. The van der Waals surface area contributed by atoms with Gasteiger partial charge in [-0.1, -0.05) is 36.2 Å². The lowest BCUT2D eigenvalue weighted by molar-refractivity contribution is 0.00686. The van der Waals surface area contributed by atoms with Crippen LogP contribution in [0.1, 0.15) is 37.8 Å². The van der Waals surface area contributed by atoms with Gasteiger partial charge in [-0.05, 0) is 37.0 Å². The molecule has 0 spiro atoms. The van der Waals surface area contributed by atoms with Gasteiger partial charge >= 0.3 is 0 Å². The quantitative estimate of drug-likeness (QED) is 0.860. The molecule has 2 N–H and O–H groups in total. The summed E-state index contributed by atoms with van der Waals surface area (Å²) in [6.45, 7) is 5.95. The van der Waals surface area contributed by atoms with Crippen LogP contribution in [-0.4, -0.2) is 37.2 Å². The highest BCUT2D eigenvalue weighted by Crippen LogP contribution is 2.25. The summed E-state index contributed by atoms with van der Waals surface area (Å²) in [6, 6.07) is 5.60. The van der Waals surface area contributed by atoms with E-state index in [2.05, 4.69) is 11.8 Å². The van der Waals surface area contributed by atoms with Gasteiger partial charge in [0.05, 0.1) is 16.1 Å². The number of hydrogen-bond acceptors (Lipinski definition) is 3. The Balaban J connectivity index is 1.81. The third-order valence-corrected chi connectivity index (χ3v) is 4.66. The third kappa shape index (κ3) is 5.11. The number of hydrogen-bond donors (Lipinski definition) is 1. The molecule has 5 heteroatoms. The lowest BCUT2D eigenvalue weighted by Gasteiger charge is -2.33. The van der Waals surface area contributed by atoms with E-state index in [1.807, 2.05) is 18.2 Å². The fourth-order valence-corrected chi connectivity index (χ4v) is 2.98. The Morgan fingerprint density at radius 1 is 1.29 bits per heavy atom. The normalized spacial score (nSPS) is 18.9. The molecule has 118 valence electrons. The summed E-state index contributed by atoms with van der Waals surface area (Å²) in [5.74, 6) is 0. The predicted molar refractivity (Wildman–Crippen MR) is 89.1 cm³/mol. The molecule has 1 saturated heterocycles. The van der Waals surface area contributed by atoms with Crippen molar-refractivity contribution in [1.82, 2.24) is 4.90 Å². The maximum Gasteiger partial charge on any atom is 0.0599 e. The summed E-state index contributed by atoms with van der Waals surface area (Å²) in [6.07, 6.45) is 3.69. The van der Waals surface area contributed by atoms with Crippen molar-refractivity contribution in [3.8, 4) is 0 Å². The van der Waals surface area contributed by atoms with E-state index in [0.29, 0.717) is 16.1 Å². The smallest absolute Gasteiger partial charge is 0.0599 e. The third-order valence-electron chi connectivity index (χ3n) is 3.92. The molecular formula is C16H24Cl2N2O. The van der Waals surface area contributed by atoms with Crippen LogP contribution in [0.25, 0.3) is 0 Å². The van der Waals surface area contributed by atoms with Crippen molar-refractivity contribution in [2.75, 3.05) is 26.2 Å². The second kappa shape index (κ2) is 8.35. The molecule has 0 aromatic heterocycles. The monoisotopic (exact) mass is 330 g/mol. The van der Waals surface area contributed by atoms with Gasteiger partial charge in [0, 0.05) is 32.3 Å². The zero-order valence-corrected chi connectivity index (χ0v) is 14.0. The first kappa shape index (κ1) is 17.0. The highest BCUT2D eigenvalue weighted by molar-refractivity contribution is 6.42. The molecule has 0 radical (unpaired) electrons. The standard InChI is InChI=1S/C16H24Cl2N2O/c1-2-9-21-13-5-7-20(8-6-13)11-16(19)12-3-4-14(17)15(18)10-12/h3-4,10,13,16H,2,5-9,11,19H2,1H3. The number of piperidine rings is 1. The van der Waals surface area contributed by atoms with Gasteiger partial charge in [-0.3, -0.25) is 0 Å². The average Bonchev–Trinajstić information content (AvgIpc) is 2.49. The lowest BCUT2D eigenvalue weighted by atomic mass is 10.0. The van der Waals surface area contributed by atoms with Crippen molar-refractivity contribution < 1.29 is 4.74 Å². The van der Waals surface area contributed by atoms with Crippen LogP contribution in [-0.2, 0) is 4.74 Å². The largest absolute Gasteiger partial charge is 0.378 e. The summed E-state index contributed by atoms with van der Waals surface area (Å²) in [5.41, 5.74) is 7.32. The molecule has 21 heavy (non-hydrogen) atoms. The van der Waals surface area contributed by atoms with Gasteiger partial charge < -0.3 is 15.4 Å². The fourth-order valence-electron chi connectivity index (χ4n) is 2.67. The van der Waals surface area contributed by atoms with Crippen LogP contribution in [0.15, 0.2) is 18.2 Å². The number of likely N-dealkylation sites (tertiary alicyclic amines) is 1. The number of nitrogens with zero attached hydrogens (tertiary/aromatic N) is 1. The molecule has 0 saturated carbocycles. The highest BCUT2D eigenvalue weighted by atomic mass is 35.5. The maximum absolute atomic E-state index is 6.29. The molecule has 0 bridgehead atoms. The number of nitrogens with two attached hydrogens (primary N) is 1. The molecule has 1 aliphatic rings. The van der Waals surface area contributed by atoms with E-state index in [0.717, 1.165) is 51.1 Å². The van der Waals surface area contributed by atoms with Gasteiger partial charge in [-0.15, -0.1) is 0 Å². The zero-order valence-electron chi connectivity index (χ0n) is 12.5. The fraction of sp³-hybridized carbons (Fsp3) is 0.625. The summed E-state index contributed by atoms with van der Waals surface area (Å²) in [7, 11) is 0. The molecule has 1 fully saturated rings. The maximum atomic E-state index is 6.29. The van der Waals surface area contributed by atoms with Crippen LogP contribution in [0.5, 0.6) is 0 Å². The van der Waals surface area contributed by atoms with Gasteiger partial charge in [-0.2, -0.15) is 0 Å². The predicted octanol–water partition coefficient (Wildman–Crippen LogP) is 3.88. The first-order valence-electron chi connectivity index (χ1n) is 7.64. The molecule has 1 unspecified atom stereocenters. The number of halogens is 2. The molecular weight excluding hydrogens is 307 g/mol. The minimum absolute atomic E-state index is 0.0344. The van der Waals surface area contributed by atoms with E-state index in [9.17, 15) is 0 Å². The molecule has 1 aromatic carbocycles. The Labute approximate surface area is 137 Å². The summed E-state index contributed by atoms with van der Waals surface area (Å²) in [5, 5.41) is 1.14. The van der Waals surface area contributed by atoms with Gasteiger partial charge in [0.2, 0.25) is 0 Å². The Kier molecular flexibility index (Phi) is 6.77. The van der Waals surface area contributed by atoms with Crippen molar-refractivity contribution in [3.63, 3.8) is 0 Å². The van der Waals surface area contributed by atoms with Crippen LogP contribution in [0, 0.1) is 0 Å². The van der Waals surface area contributed by atoms with Crippen LogP contribution in [0.2, 0.25) is 10.0 Å². The second-order valence-corrected chi connectivity index (χ2v) is 6.47. The molecule has 1 atom stereocenters. The van der Waals surface area contributed by atoms with E-state index >= 15 is 0 Å². The van der Waals surface area contributed by atoms with E-state index in [4.69, 9.17) is 33.7 Å². The van der Waals surface area contributed by atoms with Crippen LogP contribution in [0.3, 0.4) is 0 Å². The summed E-state index contributed by atoms with van der Waals surface area (Å²) >= 11 is 12.0. The van der Waals surface area contributed by atoms with Crippen molar-refractivity contribution in [2.24, 2.45) is 5.73 Å². The minimum atomic E-state index is -0.0344. The average molecular weight is 331 g/mol. The Morgan fingerprint density at radius 3 is 2.62 bits per heavy atom. The molecule has 2 rings (SSSR count). The minimum Gasteiger partial charge on any atom is -0.378 e. The lowest BCUT2D eigenvalue weighted by Crippen LogP contribution is -2.40. The van der Waals surface area contributed by atoms with Crippen LogP contribution in [0.4, 0.5) is 0 Å². The first-order valence-corrected chi connectivity index (χ1v) is 8.40.